The second-order valence-corrected chi connectivity index (χ2v) is 8.12. The zero-order chi connectivity index (χ0) is 19.6. The Morgan fingerprint density at radius 1 is 0.741 bits per heavy atom. The third kappa shape index (κ3) is 6.70. The molecule has 2 heteroatoms. The normalized spacial score (nSPS) is 13.9. The molecule has 0 saturated carbocycles. The van der Waals surface area contributed by atoms with Crippen LogP contribution in [0.1, 0.15) is 77.7 Å². The topological polar surface area (TPSA) is 32.3 Å². The van der Waals surface area contributed by atoms with E-state index >= 15 is 0 Å². The lowest BCUT2D eigenvalue weighted by atomic mass is 9.79. The van der Waals surface area contributed by atoms with Gasteiger partial charge >= 0.3 is 0 Å². The highest BCUT2D eigenvalue weighted by Crippen LogP contribution is 2.36. The maximum atomic E-state index is 11.3. The smallest absolute Gasteiger partial charge is 0.0648 e. The van der Waals surface area contributed by atoms with Crippen LogP contribution in [-0.2, 0) is 5.54 Å². The molecule has 2 N–H and O–H groups in total. The van der Waals surface area contributed by atoms with E-state index in [2.05, 4.69) is 80.7 Å². The Hall–Kier alpha value is -1.80. The molecule has 27 heavy (non-hydrogen) atoms. The SMILES string of the molecule is CCCCC(O)(CCCC)CCC(C)(Nc1ccccc1)c1ccccc1. The van der Waals surface area contributed by atoms with E-state index in [1.165, 1.54) is 5.56 Å². The van der Waals surface area contributed by atoms with Crippen LogP contribution in [0.3, 0.4) is 0 Å². The summed E-state index contributed by atoms with van der Waals surface area (Å²) in [7, 11) is 0. The van der Waals surface area contributed by atoms with Crippen molar-refractivity contribution in [3.8, 4) is 0 Å². The summed E-state index contributed by atoms with van der Waals surface area (Å²) in [4.78, 5) is 0. The number of hydrogen-bond donors (Lipinski definition) is 2. The molecule has 2 rings (SSSR count). The number of para-hydroxylation sites is 1. The standard InChI is InChI=1S/C25H37NO/c1-4-6-18-25(27,19-7-5-2)21-20-24(3,22-14-10-8-11-15-22)26-23-16-12-9-13-17-23/h8-17,26-27H,4-7,18-21H2,1-3H3. The number of rotatable bonds is 12. The van der Waals surface area contributed by atoms with Crippen molar-refractivity contribution in [1.29, 1.82) is 0 Å². The van der Waals surface area contributed by atoms with E-state index in [0.717, 1.165) is 57.1 Å². The molecule has 0 saturated heterocycles. The molecule has 0 spiro atoms. The van der Waals surface area contributed by atoms with E-state index < -0.39 is 5.60 Å². The van der Waals surface area contributed by atoms with Gasteiger partial charge in [0.2, 0.25) is 0 Å². The van der Waals surface area contributed by atoms with Gasteiger partial charge in [-0.3, -0.25) is 0 Å². The molecule has 0 aliphatic heterocycles. The van der Waals surface area contributed by atoms with Gasteiger partial charge in [-0.15, -0.1) is 0 Å². The van der Waals surface area contributed by atoms with Crippen molar-refractivity contribution < 1.29 is 5.11 Å². The third-order valence-electron chi connectivity index (χ3n) is 5.69. The van der Waals surface area contributed by atoms with Crippen LogP contribution in [0.2, 0.25) is 0 Å². The monoisotopic (exact) mass is 367 g/mol. The lowest BCUT2D eigenvalue weighted by molar-refractivity contribution is 0.00430. The zero-order valence-corrected chi connectivity index (χ0v) is 17.4. The predicted molar refractivity (Wildman–Crippen MR) is 117 cm³/mol. The Kier molecular flexibility index (Phi) is 8.37. The maximum absolute atomic E-state index is 11.3. The van der Waals surface area contributed by atoms with Crippen LogP contribution in [0.15, 0.2) is 60.7 Å². The molecular weight excluding hydrogens is 330 g/mol. The number of anilines is 1. The van der Waals surface area contributed by atoms with E-state index in [1.807, 2.05) is 6.07 Å². The minimum atomic E-state index is -0.555. The van der Waals surface area contributed by atoms with Crippen molar-refractivity contribution in [2.24, 2.45) is 0 Å². The highest BCUT2D eigenvalue weighted by molar-refractivity contribution is 5.47. The summed E-state index contributed by atoms with van der Waals surface area (Å²) in [5.74, 6) is 0. The Bertz CT molecular complexity index is 632. The summed E-state index contributed by atoms with van der Waals surface area (Å²) >= 11 is 0. The molecule has 1 unspecified atom stereocenters. The highest BCUT2D eigenvalue weighted by atomic mass is 16.3. The molecule has 0 aromatic heterocycles. The first-order valence-electron chi connectivity index (χ1n) is 10.6. The first-order valence-corrected chi connectivity index (χ1v) is 10.6. The summed E-state index contributed by atoms with van der Waals surface area (Å²) in [6, 6.07) is 21.0. The van der Waals surface area contributed by atoms with Gasteiger partial charge in [0.15, 0.2) is 0 Å². The summed E-state index contributed by atoms with van der Waals surface area (Å²) in [5.41, 5.74) is 1.62. The first kappa shape index (κ1) is 21.5. The fourth-order valence-corrected chi connectivity index (χ4v) is 3.79. The summed E-state index contributed by atoms with van der Waals surface area (Å²) in [5, 5.41) is 15.1. The number of hydrogen-bond acceptors (Lipinski definition) is 2. The number of nitrogens with one attached hydrogen (secondary N) is 1. The van der Waals surface area contributed by atoms with Gasteiger partial charge in [-0.1, -0.05) is 88.1 Å². The molecule has 148 valence electrons. The van der Waals surface area contributed by atoms with Crippen LogP contribution >= 0.6 is 0 Å². The average molecular weight is 368 g/mol. The second kappa shape index (κ2) is 10.5. The van der Waals surface area contributed by atoms with Crippen molar-refractivity contribution in [3.05, 3.63) is 66.2 Å². The van der Waals surface area contributed by atoms with Gasteiger partial charge in [-0.25, -0.2) is 0 Å². The van der Waals surface area contributed by atoms with Crippen LogP contribution in [0.4, 0.5) is 5.69 Å². The fourth-order valence-electron chi connectivity index (χ4n) is 3.79. The van der Waals surface area contributed by atoms with Crippen molar-refractivity contribution in [1.82, 2.24) is 0 Å². The van der Waals surface area contributed by atoms with E-state index in [-0.39, 0.29) is 5.54 Å². The molecule has 2 nitrogen and oxygen atoms in total. The van der Waals surface area contributed by atoms with E-state index in [9.17, 15) is 5.11 Å². The van der Waals surface area contributed by atoms with Crippen molar-refractivity contribution in [2.45, 2.75) is 83.3 Å². The van der Waals surface area contributed by atoms with E-state index in [4.69, 9.17) is 0 Å². The molecule has 0 amide bonds. The van der Waals surface area contributed by atoms with Gasteiger partial charge < -0.3 is 10.4 Å². The Morgan fingerprint density at radius 3 is 1.78 bits per heavy atom. The maximum Gasteiger partial charge on any atom is 0.0648 e. The summed E-state index contributed by atoms with van der Waals surface area (Å²) in [6.07, 6.45) is 7.97. The molecule has 2 aromatic rings. The van der Waals surface area contributed by atoms with Crippen LogP contribution in [0.5, 0.6) is 0 Å². The predicted octanol–water partition coefficient (Wildman–Crippen LogP) is 6.91. The summed E-state index contributed by atoms with van der Waals surface area (Å²) < 4.78 is 0. The quantitative estimate of drug-likeness (QED) is 0.427. The number of benzene rings is 2. The molecule has 1 atom stereocenters. The number of unbranched alkanes of at least 4 members (excludes halogenated alkanes) is 2. The molecule has 0 bridgehead atoms. The number of aliphatic hydroxyl groups is 1. The van der Waals surface area contributed by atoms with E-state index in [0.29, 0.717) is 0 Å². The van der Waals surface area contributed by atoms with Gasteiger partial charge in [-0.2, -0.15) is 0 Å². The zero-order valence-electron chi connectivity index (χ0n) is 17.4. The summed E-state index contributed by atoms with van der Waals surface area (Å²) in [6.45, 7) is 6.66. The first-order chi connectivity index (χ1) is 13.0. The Labute approximate surface area is 166 Å². The van der Waals surface area contributed by atoms with Crippen LogP contribution in [0.25, 0.3) is 0 Å². The van der Waals surface area contributed by atoms with Crippen LogP contribution < -0.4 is 5.32 Å². The fraction of sp³-hybridized carbons (Fsp3) is 0.520. The van der Waals surface area contributed by atoms with Gasteiger partial charge in [0.1, 0.15) is 0 Å². The van der Waals surface area contributed by atoms with Gasteiger partial charge in [-0.05, 0) is 50.3 Å². The molecule has 2 aromatic carbocycles. The molecule has 0 aliphatic carbocycles. The second-order valence-electron chi connectivity index (χ2n) is 8.12. The Balaban J connectivity index is 2.20. The van der Waals surface area contributed by atoms with E-state index in [1.54, 1.807) is 0 Å². The van der Waals surface area contributed by atoms with Crippen molar-refractivity contribution >= 4 is 5.69 Å². The lowest BCUT2D eigenvalue weighted by Crippen LogP contribution is -2.37. The van der Waals surface area contributed by atoms with Gasteiger partial charge in [0.25, 0.3) is 0 Å². The lowest BCUT2D eigenvalue weighted by Gasteiger charge is -2.37. The highest BCUT2D eigenvalue weighted by Gasteiger charge is 2.32. The van der Waals surface area contributed by atoms with Crippen molar-refractivity contribution in [2.75, 3.05) is 5.32 Å². The van der Waals surface area contributed by atoms with Crippen molar-refractivity contribution in [3.63, 3.8) is 0 Å². The molecular formula is C25H37NO. The minimum absolute atomic E-state index is 0.213. The van der Waals surface area contributed by atoms with Gasteiger partial charge in [0.05, 0.1) is 11.1 Å². The largest absolute Gasteiger partial charge is 0.390 e. The molecule has 0 aliphatic rings. The minimum Gasteiger partial charge on any atom is -0.390 e. The molecule has 0 fully saturated rings. The van der Waals surface area contributed by atoms with Gasteiger partial charge in [0, 0.05) is 5.69 Å². The Morgan fingerprint density at radius 2 is 1.26 bits per heavy atom. The molecule has 0 radical (unpaired) electrons. The third-order valence-corrected chi connectivity index (χ3v) is 5.69. The van der Waals surface area contributed by atoms with Crippen LogP contribution in [-0.4, -0.2) is 10.7 Å². The van der Waals surface area contributed by atoms with Crippen LogP contribution in [0, 0.1) is 0 Å². The molecule has 0 heterocycles. The average Bonchev–Trinajstić information content (AvgIpc) is 2.71.